The predicted octanol–water partition coefficient (Wildman–Crippen LogP) is 5.43. The number of amides is 2. The number of nitrogens with one attached hydrogen (secondary N) is 1. The van der Waals surface area contributed by atoms with Crippen molar-refractivity contribution in [1.82, 2.24) is 10.2 Å². The number of carbonyl (C=O) groups excluding carboxylic acids is 2. The van der Waals surface area contributed by atoms with Crippen LogP contribution in [0.2, 0.25) is 0 Å². The lowest BCUT2D eigenvalue weighted by atomic mass is 10.0. The summed E-state index contributed by atoms with van der Waals surface area (Å²) in [6.07, 6.45) is 0.250. The SMILES string of the molecule is CCNC(=O)[C@@H](Cc1ccccc1)N(Cc1cccc(Br)c1)C(=O)CN(c1ccc(OC)cc1)S(=O)(=O)c1ccccc1. The van der Waals surface area contributed by atoms with Crippen LogP contribution in [-0.2, 0) is 32.6 Å². The molecule has 0 radical (unpaired) electrons. The fourth-order valence-corrected chi connectivity index (χ4v) is 6.56. The molecule has 8 nitrogen and oxygen atoms in total. The fourth-order valence-electron chi connectivity index (χ4n) is 4.67. The lowest BCUT2D eigenvalue weighted by molar-refractivity contribution is -0.140. The molecule has 0 bridgehead atoms. The number of benzene rings is 4. The van der Waals surface area contributed by atoms with E-state index < -0.39 is 28.5 Å². The summed E-state index contributed by atoms with van der Waals surface area (Å²) >= 11 is 3.49. The molecule has 0 aliphatic carbocycles. The number of sulfonamides is 1. The molecule has 1 atom stereocenters. The van der Waals surface area contributed by atoms with E-state index in [1.165, 1.54) is 24.1 Å². The first kappa shape index (κ1) is 31.8. The van der Waals surface area contributed by atoms with Gasteiger partial charge in [0, 0.05) is 24.0 Å². The number of halogens is 1. The molecule has 4 aromatic carbocycles. The summed E-state index contributed by atoms with van der Waals surface area (Å²) in [4.78, 5) is 29.4. The van der Waals surface area contributed by atoms with Gasteiger partial charge in [-0.15, -0.1) is 0 Å². The zero-order valence-corrected chi connectivity index (χ0v) is 26.4. The van der Waals surface area contributed by atoms with E-state index >= 15 is 0 Å². The normalized spacial score (nSPS) is 11.8. The second kappa shape index (κ2) is 14.8. The molecular weight excluding hydrogens is 630 g/mol. The third kappa shape index (κ3) is 8.24. The zero-order valence-electron chi connectivity index (χ0n) is 24.0. The topological polar surface area (TPSA) is 96.0 Å². The van der Waals surface area contributed by atoms with Crippen LogP contribution in [0.5, 0.6) is 5.75 Å². The van der Waals surface area contributed by atoms with Crippen molar-refractivity contribution in [3.8, 4) is 5.75 Å². The molecule has 4 rings (SSSR count). The highest BCUT2D eigenvalue weighted by Crippen LogP contribution is 2.27. The number of likely N-dealkylation sites (N-methyl/N-ethyl adjacent to an activating group) is 1. The van der Waals surface area contributed by atoms with Crippen molar-refractivity contribution < 1.29 is 22.7 Å². The average Bonchev–Trinajstić information content (AvgIpc) is 3.02. The van der Waals surface area contributed by atoms with Crippen LogP contribution in [0.15, 0.2) is 119 Å². The van der Waals surface area contributed by atoms with Gasteiger partial charge in [-0.05, 0) is 66.6 Å². The Morgan fingerprint density at radius 3 is 2.09 bits per heavy atom. The van der Waals surface area contributed by atoms with Gasteiger partial charge in [-0.2, -0.15) is 0 Å². The van der Waals surface area contributed by atoms with E-state index in [0.29, 0.717) is 12.3 Å². The first-order valence-electron chi connectivity index (χ1n) is 13.8. The molecule has 0 aliphatic rings. The molecule has 4 aromatic rings. The predicted molar refractivity (Wildman–Crippen MR) is 171 cm³/mol. The molecule has 0 unspecified atom stereocenters. The molecular formula is C33H34BrN3O5S. The number of carbonyl (C=O) groups is 2. The van der Waals surface area contributed by atoms with Crippen LogP contribution in [-0.4, -0.2) is 51.4 Å². The first-order valence-corrected chi connectivity index (χ1v) is 16.0. The number of anilines is 1. The Balaban J connectivity index is 1.79. The molecule has 0 saturated carbocycles. The number of hydrogen-bond acceptors (Lipinski definition) is 5. The van der Waals surface area contributed by atoms with Crippen LogP contribution >= 0.6 is 15.9 Å². The average molecular weight is 665 g/mol. The summed E-state index contributed by atoms with van der Waals surface area (Å²) < 4.78 is 35.1. The van der Waals surface area contributed by atoms with Crippen LogP contribution in [0, 0.1) is 0 Å². The van der Waals surface area contributed by atoms with Gasteiger partial charge in [0.05, 0.1) is 17.7 Å². The van der Waals surface area contributed by atoms with Gasteiger partial charge < -0.3 is 15.0 Å². The van der Waals surface area contributed by atoms with E-state index in [9.17, 15) is 18.0 Å². The Bertz CT molecular complexity index is 1620. The molecule has 0 aromatic heterocycles. The summed E-state index contributed by atoms with van der Waals surface area (Å²) in [5, 5.41) is 2.86. The monoisotopic (exact) mass is 663 g/mol. The minimum atomic E-state index is -4.16. The van der Waals surface area contributed by atoms with Gasteiger partial charge in [0.15, 0.2) is 0 Å². The summed E-state index contributed by atoms with van der Waals surface area (Å²) in [6, 6.07) is 30.4. The third-order valence-corrected chi connectivity index (χ3v) is 9.12. The van der Waals surface area contributed by atoms with Gasteiger partial charge in [-0.3, -0.25) is 13.9 Å². The Morgan fingerprint density at radius 1 is 0.860 bits per heavy atom. The van der Waals surface area contributed by atoms with Gasteiger partial charge in [-0.25, -0.2) is 8.42 Å². The van der Waals surface area contributed by atoms with Crippen LogP contribution in [0.4, 0.5) is 5.69 Å². The Kier molecular flexibility index (Phi) is 11.0. The number of nitrogens with zero attached hydrogens (tertiary/aromatic N) is 2. The Morgan fingerprint density at radius 2 is 1.49 bits per heavy atom. The molecule has 2 amide bonds. The molecule has 0 saturated heterocycles. The Hall–Kier alpha value is -4.15. The van der Waals surface area contributed by atoms with Crippen molar-refractivity contribution in [2.24, 2.45) is 0 Å². The van der Waals surface area contributed by atoms with E-state index in [-0.39, 0.29) is 29.5 Å². The number of methoxy groups -OCH3 is 1. The minimum absolute atomic E-state index is 0.0433. The highest BCUT2D eigenvalue weighted by atomic mass is 79.9. The molecule has 0 aliphatic heterocycles. The van der Waals surface area contributed by atoms with Crippen molar-refractivity contribution in [1.29, 1.82) is 0 Å². The highest BCUT2D eigenvalue weighted by molar-refractivity contribution is 9.10. The van der Waals surface area contributed by atoms with Crippen LogP contribution in [0.3, 0.4) is 0 Å². The van der Waals surface area contributed by atoms with Crippen molar-refractivity contribution in [2.75, 3.05) is 24.5 Å². The van der Waals surface area contributed by atoms with Crippen molar-refractivity contribution in [3.63, 3.8) is 0 Å². The van der Waals surface area contributed by atoms with Gasteiger partial charge in [-0.1, -0.05) is 76.6 Å². The quantitative estimate of drug-likeness (QED) is 0.206. The van der Waals surface area contributed by atoms with Crippen molar-refractivity contribution in [2.45, 2.75) is 30.8 Å². The summed E-state index contributed by atoms with van der Waals surface area (Å²) in [5.41, 5.74) is 1.94. The largest absolute Gasteiger partial charge is 0.497 e. The van der Waals surface area contributed by atoms with E-state index in [0.717, 1.165) is 19.9 Å². The molecule has 0 spiro atoms. The summed E-state index contributed by atoms with van der Waals surface area (Å²) in [7, 11) is -2.64. The van der Waals surface area contributed by atoms with Gasteiger partial charge in [0.2, 0.25) is 11.8 Å². The lowest BCUT2D eigenvalue weighted by Gasteiger charge is -2.34. The second-order valence-corrected chi connectivity index (χ2v) is 12.6. The van der Waals surface area contributed by atoms with E-state index in [2.05, 4.69) is 21.2 Å². The number of ether oxygens (including phenoxy) is 1. The third-order valence-electron chi connectivity index (χ3n) is 6.83. The zero-order chi connectivity index (χ0) is 30.8. The van der Waals surface area contributed by atoms with Gasteiger partial charge >= 0.3 is 0 Å². The summed E-state index contributed by atoms with van der Waals surface area (Å²) in [6.45, 7) is 1.76. The van der Waals surface area contributed by atoms with E-state index in [4.69, 9.17) is 4.74 Å². The molecule has 43 heavy (non-hydrogen) atoms. The standard InChI is InChI=1S/C33H34BrN3O5S/c1-3-35-33(39)31(22-25-11-6-4-7-12-25)36(23-26-13-10-14-27(34)21-26)32(38)24-37(28-17-19-29(42-2)20-18-28)43(40,41)30-15-8-5-9-16-30/h4-21,31H,3,22-24H2,1-2H3,(H,35,39)/t31-/m1/s1. The minimum Gasteiger partial charge on any atom is -0.497 e. The number of rotatable bonds is 13. The molecule has 224 valence electrons. The van der Waals surface area contributed by atoms with Gasteiger partial charge in [0.25, 0.3) is 10.0 Å². The highest BCUT2D eigenvalue weighted by Gasteiger charge is 2.34. The van der Waals surface area contributed by atoms with Crippen LogP contribution < -0.4 is 14.4 Å². The Labute approximate surface area is 261 Å². The van der Waals surface area contributed by atoms with Crippen molar-refractivity contribution in [3.05, 3.63) is 125 Å². The molecule has 10 heteroatoms. The summed E-state index contributed by atoms with van der Waals surface area (Å²) in [5.74, 6) is -0.304. The number of hydrogen-bond donors (Lipinski definition) is 1. The van der Waals surface area contributed by atoms with Crippen LogP contribution in [0.25, 0.3) is 0 Å². The first-order chi connectivity index (χ1) is 20.7. The maximum absolute atomic E-state index is 14.4. The van der Waals surface area contributed by atoms with E-state index in [1.54, 1.807) is 42.5 Å². The molecule has 1 N–H and O–H groups in total. The molecule has 0 fully saturated rings. The fraction of sp³-hybridized carbons (Fsp3) is 0.212. The smallest absolute Gasteiger partial charge is 0.264 e. The second-order valence-electron chi connectivity index (χ2n) is 9.77. The van der Waals surface area contributed by atoms with E-state index in [1.807, 2.05) is 61.5 Å². The lowest BCUT2D eigenvalue weighted by Crippen LogP contribution is -2.53. The van der Waals surface area contributed by atoms with Crippen LogP contribution in [0.1, 0.15) is 18.1 Å². The molecule has 0 heterocycles. The van der Waals surface area contributed by atoms with Crippen molar-refractivity contribution >= 4 is 43.5 Å². The maximum atomic E-state index is 14.4. The maximum Gasteiger partial charge on any atom is 0.264 e. The van der Waals surface area contributed by atoms with Gasteiger partial charge in [0.1, 0.15) is 18.3 Å².